The number of carbonyl (C=O) groups is 1. The summed E-state index contributed by atoms with van der Waals surface area (Å²) in [5.74, 6) is -1.50. The Morgan fingerprint density at radius 2 is 1.57 bits per heavy atom. The number of aromatic nitrogens is 2. The molecule has 14 heteroatoms. The molecule has 4 N–H and O–H groups in total. The van der Waals surface area contributed by atoms with Gasteiger partial charge in [0.1, 0.15) is 11.6 Å². The van der Waals surface area contributed by atoms with Gasteiger partial charge in [0.15, 0.2) is 5.69 Å². The second-order valence-electron chi connectivity index (χ2n) is 9.77. The van der Waals surface area contributed by atoms with E-state index in [-0.39, 0.29) is 19.0 Å². The summed E-state index contributed by atoms with van der Waals surface area (Å²) in [4.78, 5) is 33.9. The number of alkyl halides is 1. The molecule has 0 spiro atoms. The topological polar surface area (TPSA) is 147 Å². The number of aromatic amines is 1. The summed E-state index contributed by atoms with van der Waals surface area (Å²) in [5.41, 5.74) is 0.344. The number of methoxy groups -OCH3 is 3. The predicted octanol–water partition coefficient (Wildman–Crippen LogP) is 4.19. The Bertz CT molecular complexity index is 1290. The highest BCUT2D eigenvalue weighted by atomic mass is 35.5. The fourth-order valence-electron chi connectivity index (χ4n) is 3.97. The number of aromatic hydroxyl groups is 1. The third-order valence-electron chi connectivity index (χ3n) is 6.62. The van der Waals surface area contributed by atoms with E-state index >= 15 is 0 Å². The maximum Gasteiger partial charge on any atom is 0.293 e. The van der Waals surface area contributed by atoms with Crippen molar-refractivity contribution in [3.8, 4) is 5.75 Å². The summed E-state index contributed by atoms with van der Waals surface area (Å²) in [5, 5.41) is 15.8. The van der Waals surface area contributed by atoms with Crippen LogP contribution in [0.5, 0.6) is 5.75 Å². The number of carbonyl (C=O) groups excluding carboxylic acids is 1. The van der Waals surface area contributed by atoms with Crippen LogP contribution < -0.4 is 16.2 Å². The summed E-state index contributed by atoms with van der Waals surface area (Å²) < 4.78 is 32.6. The number of ether oxygens (including phenoxy) is 4. The number of rotatable bonds is 17. The van der Waals surface area contributed by atoms with Gasteiger partial charge in [-0.3, -0.25) is 9.59 Å². The number of nitrogens with one attached hydrogen (secondary N) is 3. The van der Waals surface area contributed by atoms with Crippen LogP contribution in [-0.2, 0) is 32.1 Å². The summed E-state index contributed by atoms with van der Waals surface area (Å²) >= 11 is 5.79. The molecule has 47 heavy (non-hydrogen) atoms. The van der Waals surface area contributed by atoms with Crippen LogP contribution >= 0.6 is 11.6 Å². The Morgan fingerprint density at radius 3 is 2.06 bits per heavy atom. The summed E-state index contributed by atoms with van der Waals surface area (Å²) in [6.45, 7) is 10.6. The number of benzene rings is 2. The van der Waals surface area contributed by atoms with Crippen molar-refractivity contribution in [3.63, 3.8) is 0 Å². The van der Waals surface area contributed by atoms with E-state index in [1.165, 1.54) is 65.2 Å². The van der Waals surface area contributed by atoms with Gasteiger partial charge in [0, 0.05) is 40.3 Å². The highest BCUT2D eigenvalue weighted by molar-refractivity contribution is 6.18. The molecule has 1 heterocycles. The number of halogens is 2. The molecule has 0 fully saturated rings. The SMILES string of the molecule is CCN(CC)CC.COC(OC)OC.O=C(NCc1ccc(F)cc1)c1nc(C(COCc2ccccc2)NCCCl)[nH]c(=O)c1O. The van der Waals surface area contributed by atoms with Gasteiger partial charge in [-0.15, -0.1) is 11.6 Å². The number of hydrogen-bond donors (Lipinski definition) is 4. The normalized spacial score (nSPS) is 11.4. The highest BCUT2D eigenvalue weighted by Crippen LogP contribution is 2.15. The van der Waals surface area contributed by atoms with Gasteiger partial charge in [0.2, 0.25) is 5.75 Å². The van der Waals surface area contributed by atoms with Crippen molar-refractivity contribution >= 4 is 17.5 Å². The Morgan fingerprint density at radius 1 is 0.979 bits per heavy atom. The van der Waals surface area contributed by atoms with Crippen LogP contribution in [0.15, 0.2) is 59.4 Å². The molecule has 0 radical (unpaired) electrons. The first-order valence-electron chi connectivity index (χ1n) is 15.2. The Hall–Kier alpha value is -3.43. The molecule has 1 atom stereocenters. The van der Waals surface area contributed by atoms with Crippen molar-refractivity contribution in [3.05, 3.63) is 93.4 Å². The van der Waals surface area contributed by atoms with E-state index in [0.717, 1.165) is 5.56 Å². The van der Waals surface area contributed by atoms with E-state index in [4.69, 9.17) is 16.3 Å². The average molecular weight is 682 g/mol. The van der Waals surface area contributed by atoms with Gasteiger partial charge < -0.3 is 44.6 Å². The molecule has 12 nitrogen and oxygen atoms in total. The predicted molar refractivity (Wildman–Crippen MR) is 180 cm³/mol. The molecule has 0 aliphatic rings. The maximum absolute atomic E-state index is 13.0. The first-order chi connectivity index (χ1) is 22.7. The summed E-state index contributed by atoms with van der Waals surface area (Å²) in [6.07, 6.45) is 0. The van der Waals surface area contributed by atoms with Crippen molar-refractivity contribution < 1.29 is 33.2 Å². The third-order valence-corrected chi connectivity index (χ3v) is 6.81. The van der Waals surface area contributed by atoms with Crippen LogP contribution in [0, 0.1) is 5.82 Å². The number of amides is 1. The minimum atomic E-state index is -0.854. The fraction of sp³-hybridized carbons (Fsp3) is 0.485. The number of hydrogen-bond acceptors (Lipinski definition) is 10. The van der Waals surface area contributed by atoms with E-state index in [9.17, 15) is 19.1 Å². The second kappa shape index (κ2) is 24.7. The van der Waals surface area contributed by atoms with Gasteiger partial charge in [-0.25, -0.2) is 9.37 Å². The first kappa shape index (κ1) is 41.6. The molecule has 1 unspecified atom stereocenters. The zero-order chi connectivity index (χ0) is 35.0. The van der Waals surface area contributed by atoms with Crippen LogP contribution in [0.3, 0.4) is 0 Å². The lowest BCUT2D eigenvalue weighted by Gasteiger charge is -2.18. The van der Waals surface area contributed by atoms with Crippen molar-refractivity contribution in [2.45, 2.75) is 46.4 Å². The average Bonchev–Trinajstić information content (AvgIpc) is 3.09. The highest BCUT2D eigenvalue weighted by Gasteiger charge is 2.22. The van der Waals surface area contributed by atoms with Crippen LogP contribution in [-0.4, -0.2) is 92.4 Å². The van der Waals surface area contributed by atoms with Crippen molar-refractivity contribution in [1.82, 2.24) is 25.5 Å². The fourth-order valence-corrected chi connectivity index (χ4v) is 4.08. The van der Waals surface area contributed by atoms with Crippen LogP contribution in [0.1, 0.15) is 54.3 Å². The largest absolute Gasteiger partial charge is 0.501 e. The van der Waals surface area contributed by atoms with Gasteiger partial charge in [-0.2, -0.15) is 0 Å². The zero-order valence-electron chi connectivity index (χ0n) is 28.1. The third kappa shape index (κ3) is 16.3. The minimum absolute atomic E-state index is 0.0660. The lowest BCUT2D eigenvalue weighted by molar-refractivity contribution is -0.252. The molecule has 0 saturated carbocycles. The standard InChI is InChI=1S/C23H24ClFN4O4.C6H15N.C4H10O3/c24-10-11-26-18(14-33-13-16-4-2-1-3-5-16)21-28-19(20(30)23(32)29-21)22(31)27-12-15-6-8-17(25)9-7-15;1-4-7(5-2)6-3;1-5-4(6-2)7-3/h1-9,18,26,30H,10-14H2,(H,27,31)(H,28,29,32);4-6H2,1-3H3;4H,1-3H3. The van der Waals surface area contributed by atoms with Crippen LogP contribution in [0.4, 0.5) is 4.39 Å². The molecule has 1 amide bonds. The molecule has 0 aliphatic carbocycles. The van der Waals surface area contributed by atoms with Crippen molar-refractivity contribution in [2.75, 3.05) is 60.0 Å². The molecule has 0 saturated heterocycles. The minimum Gasteiger partial charge on any atom is -0.501 e. The Kier molecular flexibility index (Phi) is 21.9. The van der Waals surface area contributed by atoms with Gasteiger partial charge in [-0.05, 0) is 42.9 Å². The van der Waals surface area contributed by atoms with Gasteiger partial charge >= 0.3 is 0 Å². The lowest BCUT2D eigenvalue weighted by atomic mass is 10.2. The quantitative estimate of drug-likeness (QED) is 0.121. The molecule has 0 bridgehead atoms. The first-order valence-corrected chi connectivity index (χ1v) is 15.8. The molecule has 3 aromatic rings. The molecular weight excluding hydrogens is 633 g/mol. The molecule has 3 rings (SSSR count). The summed E-state index contributed by atoms with van der Waals surface area (Å²) in [6, 6.07) is 14.5. The molecule has 2 aromatic carbocycles. The van der Waals surface area contributed by atoms with Gasteiger partial charge in [0.25, 0.3) is 17.9 Å². The van der Waals surface area contributed by atoms with E-state index in [1.54, 1.807) is 0 Å². The Balaban J connectivity index is 0.000000658. The van der Waals surface area contributed by atoms with E-state index < -0.39 is 41.2 Å². The monoisotopic (exact) mass is 681 g/mol. The van der Waals surface area contributed by atoms with E-state index in [1.807, 2.05) is 30.3 Å². The number of H-pyrrole nitrogens is 1. The van der Waals surface area contributed by atoms with Crippen molar-refractivity contribution in [2.24, 2.45) is 0 Å². The Labute approximate surface area is 281 Å². The van der Waals surface area contributed by atoms with E-state index in [2.05, 4.69) is 60.5 Å². The van der Waals surface area contributed by atoms with Gasteiger partial charge in [-0.1, -0.05) is 63.2 Å². The van der Waals surface area contributed by atoms with E-state index in [0.29, 0.717) is 24.6 Å². The van der Waals surface area contributed by atoms with Crippen LogP contribution in [0.25, 0.3) is 0 Å². The molecule has 262 valence electrons. The smallest absolute Gasteiger partial charge is 0.293 e. The number of nitrogens with zero attached hydrogens (tertiary/aromatic N) is 2. The maximum atomic E-state index is 13.0. The molecular formula is C33H49ClFN5O7. The summed E-state index contributed by atoms with van der Waals surface area (Å²) in [7, 11) is 4.53. The molecule has 1 aromatic heterocycles. The van der Waals surface area contributed by atoms with Crippen LogP contribution in [0.2, 0.25) is 0 Å². The van der Waals surface area contributed by atoms with Gasteiger partial charge in [0.05, 0.1) is 19.3 Å². The van der Waals surface area contributed by atoms with Crippen molar-refractivity contribution in [1.29, 1.82) is 0 Å². The molecule has 0 aliphatic heterocycles. The zero-order valence-corrected chi connectivity index (χ0v) is 28.8. The second-order valence-corrected chi connectivity index (χ2v) is 10.1. The lowest BCUT2D eigenvalue weighted by Crippen LogP contribution is -2.33.